The van der Waals surface area contributed by atoms with Crippen LogP contribution in [-0.4, -0.2) is 59.2 Å². The molecule has 2 heterocycles. The van der Waals surface area contributed by atoms with Crippen molar-refractivity contribution in [2.24, 2.45) is 0 Å². The Bertz CT molecular complexity index is 1810. The Hall–Kier alpha value is -4.09. The quantitative estimate of drug-likeness (QED) is 0.0939. The number of rotatable bonds is 15. The van der Waals surface area contributed by atoms with Crippen LogP contribution in [0.1, 0.15) is 92.1 Å². The molecular formula is C44H52ClN3O6. The van der Waals surface area contributed by atoms with Crippen LogP contribution < -0.4 is 10.6 Å². The lowest BCUT2D eigenvalue weighted by Crippen LogP contribution is -2.46. The maximum atomic E-state index is 12.4. The number of carbonyl (C=O) groups excluding carboxylic acids is 2. The van der Waals surface area contributed by atoms with Crippen molar-refractivity contribution in [3.05, 3.63) is 130 Å². The summed E-state index contributed by atoms with van der Waals surface area (Å²) in [4.78, 5) is 25.8. The highest BCUT2D eigenvalue weighted by molar-refractivity contribution is 6.30. The molecule has 3 unspecified atom stereocenters. The Balaban J connectivity index is 1.07. The first-order chi connectivity index (χ1) is 26.2. The van der Waals surface area contributed by atoms with Crippen LogP contribution in [0.5, 0.6) is 0 Å². The fourth-order valence-electron chi connectivity index (χ4n) is 7.31. The number of piperidine rings is 1. The number of likely N-dealkylation sites (tertiary alicyclic amines) is 1. The van der Waals surface area contributed by atoms with Crippen molar-refractivity contribution < 1.29 is 29.3 Å². The van der Waals surface area contributed by atoms with Gasteiger partial charge in [-0.05, 0) is 77.3 Å². The van der Waals surface area contributed by atoms with Gasteiger partial charge in [-0.15, -0.1) is 0 Å². The largest absolute Gasteiger partial charge is 0.392 e. The molecule has 3 atom stereocenters. The lowest BCUT2D eigenvalue weighted by atomic mass is 9.84. The molecule has 10 heteroatoms. The summed E-state index contributed by atoms with van der Waals surface area (Å²) in [6.45, 7) is 4.82. The van der Waals surface area contributed by atoms with Gasteiger partial charge in [-0.25, -0.2) is 0 Å². The third kappa shape index (κ3) is 11.0. The molecule has 6 rings (SSSR count). The second-order valence-corrected chi connectivity index (χ2v) is 15.0. The number of ether oxygens (including phenoxy) is 2. The molecule has 0 radical (unpaired) electrons. The lowest BCUT2D eigenvalue weighted by molar-refractivity contribution is -0.253. The van der Waals surface area contributed by atoms with Gasteiger partial charge >= 0.3 is 0 Å². The van der Waals surface area contributed by atoms with Gasteiger partial charge in [-0.1, -0.05) is 96.9 Å². The number of halogens is 1. The van der Waals surface area contributed by atoms with E-state index in [-0.39, 0.29) is 30.6 Å². The van der Waals surface area contributed by atoms with Gasteiger partial charge in [-0.2, -0.15) is 0 Å². The van der Waals surface area contributed by atoms with E-state index in [1.807, 2.05) is 60.7 Å². The van der Waals surface area contributed by atoms with Crippen LogP contribution in [-0.2, 0) is 37.8 Å². The first-order valence-electron chi connectivity index (χ1n) is 19.1. The first-order valence-corrected chi connectivity index (χ1v) is 19.5. The van der Waals surface area contributed by atoms with Crippen molar-refractivity contribution in [3.8, 4) is 11.1 Å². The van der Waals surface area contributed by atoms with Crippen LogP contribution in [0, 0.1) is 0 Å². The van der Waals surface area contributed by atoms with Crippen LogP contribution in [0.4, 0.5) is 0 Å². The number of hydrogen-bond donors (Lipinski definition) is 4. The molecule has 0 aromatic heterocycles. The molecule has 0 bridgehead atoms. The van der Waals surface area contributed by atoms with E-state index in [4.69, 9.17) is 21.1 Å². The van der Waals surface area contributed by atoms with Gasteiger partial charge in [0.25, 0.3) is 0 Å². The van der Waals surface area contributed by atoms with E-state index in [9.17, 15) is 19.8 Å². The molecular weight excluding hydrogens is 702 g/mol. The normalized spacial score (nSPS) is 20.0. The summed E-state index contributed by atoms with van der Waals surface area (Å²) < 4.78 is 13.3. The van der Waals surface area contributed by atoms with Crippen LogP contribution >= 0.6 is 11.6 Å². The van der Waals surface area contributed by atoms with Gasteiger partial charge in [0.2, 0.25) is 11.8 Å². The molecule has 0 aliphatic carbocycles. The molecule has 0 saturated carbocycles. The molecule has 2 aliphatic rings. The van der Waals surface area contributed by atoms with Gasteiger partial charge in [0, 0.05) is 63.1 Å². The van der Waals surface area contributed by atoms with Crippen molar-refractivity contribution in [1.82, 2.24) is 15.5 Å². The van der Waals surface area contributed by atoms with Crippen molar-refractivity contribution >= 4 is 23.4 Å². The standard InChI is InChI=1S/C44H52ClN3O6/c1-31(50)46-23-4-2-3-8-42(51)47-28-33-6-5-7-37(26-33)34-13-15-36(16-14-34)43-53-40(27-41(54-43)35-11-9-32(30-49)10-12-35)29-48-24-21-44(52,22-25-48)38-17-19-39(45)20-18-38/h5-7,9-20,26,40-41,43,49,52H,2-4,8,21-25,27-30H2,1H3,(H,46,50)(H,47,51). The number of nitrogens with zero attached hydrogens (tertiary/aromatic N) is 1. The highest BCUT2D eigenvalue weighted by Gasteiger charge is 2.37. The number of aliphatic hydroxyl groups is 2. The summed E-state index contributed by atoms with van der Waals surface area (Å²) in [5.41, 5.74) is 5.99. The fourth-order valence-corrected chi connectivity index (χ4v) is 7.44. The SMILES string of the molecule is CC(=O)NCCCCCC(=O)NCc1cccc(-c2ccc(C3OC(CN4CCC(O)(c5ccc(Cl)cc5)CC4)CC(c4ccc(CO)cc4)O3)cc2)c1. The number of nitrogens with one attached hydrogen (secondary N) is 2. The molecule has 4 aromatic carbocycles. The maximum absolute atomic E-state index is 12.4. The van der Waals surface area contributed by atoms with Crippen LogP contribution in [0.25, 0.3) is 11.1 Å². The highest BCUT2D eigenvalue weighted by Crippen LogP contribution is 2.40. The van der Waals surface area contributed by atoms with E-state index in [0.29, 0.717) is 43.8 Å². The zero-order chi connectivity index (χ0) is 37.9. The Kier molecular flexibility index (Phi) is 13.9. The van der Waals surface area contributed by atoms with E-state index in [0.717, 1.165) is 77.8 Å². The molecule has 2 saturated heterocycles. The molecule has 4 N–H and O–H groups in total. The number of hydrogen-bond acceptors (Lipinski definition) is 7. The Morgan fingerprint density at radius 3 is 2.26 bits per heavy atom. The summed E-state index contributed by atoms with van der Waals surface area (Å²) in [5, 5.41) is 27.5. The zero-order valence-electron chi connectivity index (χ0n) is 31.0. The van der Waals surface area contributed by atoms with Gasteiger partial charge in [0.1, 0.15) is 0 Å². The second kappa shape index (κ2) is 19.0. The number of carbonyl (C=O) groups is 2. The molecule has 9 nitrogen and oxygen atoms in total. The molecule has 54 heavy (non-hydrogen) atoms. The fraction of sp³-hybridized carbons (Fsp3) is 0.409. The average molecular weight is 754 g/mol. The zero-order valence-corrected chi connectivity index (χ0v) is 31.8. The average Bonchev–Trinajstić information content (AvgIpc) is 3.19. The summed E-state index contributed by atoms with van der Waals surface area (Å²) in [6, 6.07) is 31.9. The summed E-state index contributed by atoms with van der Waals surface area (Å²) in [6.07, 6.45) is 4.11. The van der Waals surface area contributed by atoms with E-state index in [1.54, 1.807) is 0 Å². The molecule has 2 amide bonds. The number of aliphatic hydroxyl groups excluding tert-OH is 1. The van der Waals surface area contributed by atoms with Gasteiger partial charge in [0.05, 0.1) is 24.4 Å². The summed E-state index contributed by atoms with van der Waals surface area (Å²) in [7, 11) is 0. The van der Waals surface area contributed by atoms with E-state index < -0.39 is 11.9 Å². The van der Waals surface area contributed by atoms with Crippen molar-refractivity contribution in [3.63, 3.8) is 0 Å². The van der Waals surface area contributed by atoms with E-state index in [2.05, 4.69) is 51.9 Å². The van der Waals surface area contributed by atoms with E-state index >= 15 is 0 Å². The van der Waals surface area contributed by atoms with Crippen molar-refractivity contribution in [2.75, 3.05) is 26.2 Å². The summed E-state index contributed by atoms with van der Waals surface area (Å²) in [5.74, 6) is -0.00281. The predicted octanol–water partition coefficient (Wildman–Crippen LogP) is 7.34. The second-order valence-electron chi connectivity index (χ2n) is 14.6. The third-order valence-electron chi connectivity index (χ3n) is 10.5. The Morgan fingerprint density at radius 1 is 0.833 bits per heavy atom. The minimum Gasteiger partial charge on any atom is -0.392 e. The minimum absolute atomic E-state index is 0.00950. The number of unbranched alkanes of at least 4 members (excludes halogenated alkanes) is 2. The number of benzene rings is 4. The molecule has 286 valence electrons. The molecule has 2 fully saturated rings. The van der Waals surface area contributed by atoms with Crippen LogP contribution in [0.2, 0.25) is 5.02 Å². The van der Waals surface area contributed by atoms with Gasteiger partial charge in [0.15, 0.2) is 6.29 Å². The molecule has 4 aromatic rings. The van der Waals surface area contributed by atoms with Crippen LogP contribution in [0.3, 0.4) is 0 Å². The Morgan fingerprint density at radius 2 is 1.56 bits per heavy atom. The highest BCUT2D eigenvalue weighted by atomic mass is 35.5. The predicted molar refractivity (Wildman–Crippen MR) is 210 cm³/mol. The molecule has 0 spiro atoms. The van der Waals surface area contributed by atoms with E-state index in [1.165, 1.54) is 6.92 Å². The van der Waals surface area contributed by atoms with Crippen molar-refractivity contribution in [2.45, 2.75) is 89.1 Å². The molecule has 2 aliphatic heterocycles. The van der Waals surface area contributed by atoms with Crippen molar-refractivity contribution in [1.29, 1.82) is 0 Å². The topological polar surface area (TPSA) is 120 Å². The number of amides is 2. The monoisotopic (exact) mass is 753 g/mol. The smallest absolute Gasteiger partial charge is 0.220 e. The Labute approximate surface area is 323 Å². The summed E-state index contributed by atoms with van der Waals surface area (Å²) >= 11 is 6.10. The van der Waals surface area contributed by atoms with Crippen LogP contribution in [0.15, 0.2) is 97.1 Å². The minimum atomic E-state index is -0.872. The van der Waals surface area contributed by atoms with Gasteiger partial charge in [-0.3, -0.25) is 9.59 Å². The van der Waals surface area contributed by atoms with Gasteiger partial charge < -0.3 is 35.2 Å². The lowest BCUT2D eigenvalue weighted by Gasteiger charge is -2.42. The third-order valence-corrected chi connectivity index (χ3v) is 10.8. The first kappa shape index (κ1) is 39.6. The maximum Gasteiger partial charge on any atom is 0.220 e.